The molecule has 4 aliphatic rings. The minimum Gasteiger partial charge on any atom is -0.393 e. The zero-order chi connectivity index (χ0) is 21.5. The van der Waals surface area contributed by atoms with Gasteiger partial charge < -0.3 is 15.3 Å². The highest BCUT2D eigenvalue weighted by atomic mass is 16.3. The van der Waals surface area contributed by atoms with Crippen LogP contribution < -0.4 is 5.32 Å². The molecule has 3 nitrogen and oxygen atoms in total. The number of rotatable bonds is 7. The molecule has 8 atom stereocenters. The Kier molecular flexibility index (Phi) is 6.74. The van der Waals surface area contributed by atoms with Crippen LogP contribution >= 0.6 is 0 Å². The van der Waals surface area contributed by atoms with E-state index in [0.29, 0.717) is 16.9 Å². The Morgan fingerprint density at radius 2 is 1.87 bits per heavy atom. The van der Waals surface area contributed by atoms with Crippen LogP contribution in [0.25, 0.3) is 0 Å². The number of aliphatic hydroxyl groups is 1. The molecule has 3 saturated carbocycles. The number of nitrogens with one attached hydrogen (secondary N) is 1. The number of allylic oxidation sites excluding steroid dienone is 1. The number of aliphatic hydroxyl groups excluding tert-OH is 1. The lowest BCUT2D eigenvalue weighted by atomic mass is 9.47. The molecule has 30 heavy (non-hydrogen) atoms. The molecule has 1 unspecified atom stereocenters. The summed E-state index contributed by atoms with van der Waals surface area (Å²) in [5.74, 6) is 3.45. The van der Waals surface area contributed by atoms with Crippen LogP contribution in [-0.2, 0) is 0 Å². The molecule has 0 bridgehead atoms. The van der Waals surface area contributed by atoms with Crippen LogP contribution in [0.1, 0.15) is 86.0 Å². The fourth-order valence-corrected chi connectivity index (χ4v) is 8.64. The zero-order valence-corrected chi connectivity index (χ0v) is 20.4. The second kappa shape index (κ2) is 8.87. The van der Waals surface area contributed by atoms with E-state index in [1.807, 2.05) is 0 Å². The molecule has 0 amide bonds. The molecular formula is C27H48N2O. The SMILES string of the molecule is CCN(CC)CCNC(C)[C@H]1CC[C@H]2[C@@H]3CC=C4C[C@@H](O)CC[C@]4(C)[C@H]3CC[C@]12C. The van der Waals surface area contributed by atoms with E-state index < -0.39 is 0 Å². The van der Waals surface area contributed by atoms with E-state index in [4.69, 9.17) is 0 Å². The largest absolute Gasteiger partial charge is 0.393 e. The average Bonchev–Trinajstić information content (AvgIpc) is 3.09. The van der Waals surface area contributed by atoms with Crippen LogP contribution in [0.5, 0.6) is 0 Å². The van der Waals surface area contributed by atoms with Crippen molar-refractivity contribution in [2.45, 2.75) is 98.1 Å². The highest BCUT2D eigenvalue weighted by Gasteiger charge is 2.59. The van der Waals surface area contributed by atoms with Gasteiger partial charge in [0.15, 0.2) is 0 Å². The van der Waals surface area contributed by atoms with Crippen LogP contribution in [0.15, 0.2) is 11.6 Å². The van der Waals surface area contributed by atoms with E-state index in [1.165, 1.54) is 45.1 Å². The maximum atomic E-state index is 10.2. The van der Waals surface area contributed by atoms with Crippen molar-refractivity contribution in [1.82, 2.24) is 10.2 Å². The number of nitrogens with zero attached hydrogens (tertiary/aromatic N) is 1. The van der Waals surface area contributed by atoms with Gasteiger partial charge in [0.05, 0.1) is 6.10 Å². The van der Waals surface area contributed by atoms with Crippen LogP contribution in [-0.4, -0.2) is 48.3 Å². The van der Waals surface area contributed by atoms with E-state index in [-0.39, 0.29) is 6.10 Å². The summed E-state index contributed by atoms with van der Waals surface area (Å²) in [6.07, 6.45) is 12.6. The van der Waals surface area contributed by atoms with Gasteiger partial charge in [-0.1, -0.05) is 39.3 Å². The highest BCUT2D eigenvalue weighted by molar-refractivity contribution is 5.25. The molecule has 2 N–H and O–H groups in total. The minimum absolute atomic E-state index is 0.0890. The Hall–Kier alpha value is -0.380. The number of hydrogen-bond donors (Lipinski definition) is 2. The third kappa shape index (κ3) is 3.82. The second-order valence-electron chi connectivity index (χ2n) is 11.7. The molecule has 0 spiro atoms. The topological polar surface area (TPSA) is 35.5 Å². The Balaban J connectivity index is 1.44. The van der Waals surface area contributed by atoms with E-state index >= 15 is 0 Å². The van der Waals surface area contributed by atoms with Crippen LogP contribution in [0.4, 0.5) is 0 Å². The van der Waals surface area contributed by atoms with Crippen molar-refractivity contribution < 1.29 is 5.11 Å². The van der Waals surface area contributed by atoms with Crippen molar-refractivity contribution in [3.63, 3.8) is 0 Å². The summed E-state index contributed by atoms with van der Waals surface area (Å²) in [5.41, 5.74) is 2.49. The van der Waals surface area contributed by atoms with Gasteiger partial charge in [-0.3, -0.25) is 0 Å². The Morgan fingerprint density at radius 3 is 2.60 bits per heavy atom. The maximum Gasteiger partial charge on any atom is 0.0577 e. The van der Waals surface area contributed by atoms with Gasteiger partial charge >= 0.3 is 0 Å². The lowest BCUT2D eigenvalue weighted by Gasteiger charge is -2.58. The summed E-state index contributed by atoms with van der Waals surface area (Å²) in [5, 5.41) is 14.2. The van der Waals surface area contributed by atoms with Gasteiger partial charge in [-0.2, -0.15) is 0 Å². The first-order valence-corrected chi connectivity index (χ1v) is 13.2. The average molecular weight is 417 g/mol. The Morgan fingerprint density at radius 1 is 1.10 bits per heavy atom. The molecule has 0 radical (unpaired) electrons. The van der Waals surface area contributed by atoms with Gasteiger partial charge in [-0.05, 0) is 106 Å². The van der Waals surface area contributed by atoms with Crippen LogP contribution in [0, 0.1) is 34.5 Å². The van der Waals surface area contributed by atoms with Crippen molar-refractivity contribution in [1.29, 1.82) is 0 Å². The molecule has 0 heterocycles. The molecule has 0 saturated heterocycles. The second-order valence-corrected chi connectivity index (χ2v) is 11.7. The molecule has 0 aromatic heterocycles. The summed E-state index contributed by atoms with van der Waals surface area (Å²) in [6.45, 7) is 16.8. The van der Waals surface area contributed by atoms with Gasteiger partial charge in [0.2, 0.25) is 0 Å². The number of likely N-dealkylation sites (N-methyl/N-ethyl adjacent to an activating group) is 1. The van der Waals surface area contributed by atoms with Crippen LogP contribution in [0.2, 0.25) is 0 Å². The van der Waals surface area contributed by atoms with Crippen molar-refractivity contribution in [2.75, 3.05) is 26.2 Å². The van der Waals surface area contributed by atoms with Crippen molar-refractivity contribution >= 4 is 0 Å². The molecule has 0 aliphatic heterocycles. The van der Waals surface area contributed by atoms with Gasteiger partial charge in [0.1, 0.15) is 0 Å². The molecule has 4 rings (SSSR count). The lowest BCUT2D eigenvalue weighted by Crippen LogP contribution is -2.52. The van der Waals surface area contributed by atoms with Crippen molar-refractivity contribution in [3.05, 3.63) is 11.6 Å². The smallest absolute Gasteiger partial charge is 0.0577 e. The molecule has 3 heteroatoms. The number of fused-ring (bicyclic) bond motifs is 5. The normalized spacial score (nSPS) is 44.2. The fraction of sp³-hybridized carbons (Fsp3) is 0.926. The first kappa shape index (κ1) is 22.8. The monoisotopic (exact) mass is 416 g/mol. The third-order valence-electron chi connectivity index (χ3n) is 10.5. The highest BCUT2D eigenvalue weighted by Crippen LogP contribution is 2.66. The molecule has 0 aromatic carbocycles. The fourth-order valence-electron chi connectivity index (χ4n) is 8.64. The van der Waals surface area contributed by atoms with Crippen molar-refractivity contribution in [3.8, 4) is 0 Å². The predicted octanol–water partition coefficient (Wildman–Crippen LogP) is 5.25. The van der Waals surface area contributed by atoms with E-state index in [9.17, 15) is 5.11 Å². The van der Waals surface area contributed by atoms with E-state index in [2.05, 4.69) is 50.9 Å². The quantitative estimate of drug-likeness (QED) is 0.557. The van der Waals surface area contributed by atoms with Gasteiger partial charge in [0.25, 0.3) is 0 Å². The van der Waals surface area contributed by atoms with E-state index in [1.54, 1.807) is 5.57 Å². The van der Waals surface area contributed by atoms with Gasteiger partial charge in [0, 0.05) is 19.1 Å². The standard InChI is InChI=1S/C27H48N2O/c1-6-29(7-2)17-16-28-19(3)23-10-11-24-22-9-8-20-18-21(30)12-14-26(20,4)25(22)13-15-27(23,24)5/h8,19,21-25,28,30H,6-7,9-18H2,1-5H3/t19?,21-,22-,23+,24-,25-,26-,27+/m0/s1. The van der Waals surface area contributed by atoms with Crippen LogP contribution in [0.3, 0.4) is 0 Å². The zero-order valence-electron chi connectivity index (χ0n) is 20.4. The summed E-state index contributed by atoms with van der Waals surface area (Å²) in [6, 6.07) is 0.627. The Labute approximate surface area is 186 Å². The lowest BCUT2D eigenvalue weighted by molar-refractivity contribution is -0.0536. The van der Waals surface area contributed by atoms with Gasteiger partial charge in [-0.25, -0.2) is 0 Å². The number of hydrogen-bond acceptors (Lipinski definition) is 3. The summed E-state index contributed by atoms with van der Waals surface area (Å²) >= 11 is 0. The van der Waals surface area contributed by atoms with Gasteiger partial charge in [-0.15, -0.1) is 0 Å². The minimum atomic E-state index is -0.0890. The third-order valence-corrected chi connectivity index (χ3v) is 10.5. The molecule has 4 aliphatic carbocycles. The summed E-state index contributed by atoms with van der Waals surface area (Å²) < 4.78 is 0. The summed E-state index contributed by atoms with van der Waals surface area (Å²) in [7, 11) is 0. The summed E-state index contributed by atoms with van der Waals surface area (Å²) in [4.78, 5) is 2.53. The van der Waals surface area contributed by atoms with Crippen molar-refractivity contribution in [2.24, 2.45) is 34.5 Å². The molecule has 0 aromatic rings. The first-order chi connectivity index (χ1) is 14.3. The molecule has 172 valence electrons. The Bertz CT molecular complexity index is 628. The van der Waals surface area contributed by atoms with E-state index in [0.717, 1.165) is 56.1 Å². The molecule has 3 fully saturated rings. The maximum absolute atomic E-state index is 10.2. The molecular weight excluding hydrogens is 368 g/mol. The predicted molar refractivity (Wildman–Crippen MR) is 126 cm³/mol. The first-order valence-electron chi connectivity index (χ1n) is 13.2.